The zero-order valence-corrected chi connectivity index (χ0v) is 9.84. The van der Waals surface area contributed by atoms with E-state index >= 15 is 0 Å². The van der Waals surface area contributed by atoms with Crippen LogP contribution in [0.1, 0.15) is 6.42 Å². The van der Waals surface area contributed by atoms with Crippen molar-refractivity contribution in [3.05, 3.63) is 0 Å². The van der Waals surface area contributed by atoms with Crippen molar-refractivity contribution >= 4 is 9.84 Å². The molecule has 0 bridgehead atoms. The van der Waals surface area contributed by atoms with Gasteiger partial charge in [0.1, 0.15) is 0 Å². The summed E-state index contributed by atoms with van der Waals surface area (Å²) in [7, 11) is -3.31. The second-order valence-corrected chi connectivity index (χ2v) is 6.89. The Bertz CT molecular complexity index is 395. The molecule has 0 aromatic rings. The summed E-state index contributed by atoms with van der Waals surface area (Å²) in [6.07, 6.45) is -5.32. The first-order valence-electron chi connectivity index (χ1n) is 5.38. The van der Waals surface area contributed by atoms with Crippen LogP contribution < -0.4 is 0 Å². The summed E-state index contributed by atoms with van der Waals surface area (Å²) >= 11 is 0. The Morgan fingerprint density at radius 2 is 1.88 bits per heavy atom. The maximum atomic E-state index is 12.5. The number of nitrogens with zero attached hydrogens (tertiary/aromatic N) is 1. The molecular weight excluding hydrogens is 259 g/mol. The number of aliphatic hydroxyl groups excluding tert-OH is 1. The van der Waals surface area contributed by atoms with Crippen LogP contribution in [0.3, 0.4) is 0 Å². The van der Waals surface area contributed by atoms with Gasteiger partial charge in [0.2, 0.25) is 0 Å². The van der Waals surface area contributed by atoms with Crippen LogP contribution in [0.2, 0.25) is 0 Å². The molecule has 0 spiro atoms. The van der Waals surface area contributed by atoms with E-state index in [0.29, 0.717) is 0 Å². The third-order valence-electron chi connectivity index (χ3n) is 3.45. The number of hydrogen-bond donors (Lipinski definition) is 1. The van der Waals surface area contributed by atoms with Crippen molar-refractivity contribution in [3.8, 4) is 0 Å². The lowest BCUT2D eigenvalue weighted by molar-refractivity contribution is -0.171. The summed E-state index contributed by atoms with van der Waals surface area (Å²) in [6.45, 7) is -0.0117. The van der Waals surface area contributed by atoms with E-state index in [0.717, 1.165) is 0 Å². The van der Waals surface area contributed by atoms with Crippen molar-refractivity contribution in [1.29, 1.82) is 0 Å². The van der Waals surface area contributed by atoms with Gasteiger partial charge in [-0.2, -0.15) is 13.2 Å². The fourth-order valence-corrected chi connectivity index (χ4v) is 4.35. The van der Waals surface area contributed by atoms with Gasteiger partial charge in [-0.25, -0.2) is 8.42 Å². The van der Waals surface area contributed by atoms with Crippen molar-refractivity contribution in [2.75, 3.05) is 24.6 Å². The number of aliphatic hydroxyl groups is 1. The SMILES string of the molecule is O=S1(=O)CC(O)C(N2CCC(C(F)(F)F)C2)C1. The third kappa shape index (κ3) is 2.74. The maximum Gasteiger partial charge on any atom is 0.393 e. The summed E-state index contributed by atoms with van der Waals surface area (Å²) in [6, 6.07) is -0.674. The number of rotatable bonds is 1. The molecule has 2 rings (SSSR count). The van der Waals surface area contributed by atoms with E-state index in [2.05, 4.69) is 0 Å². The van der Waals surface area contributed by atoms with E-state index in [1.807, 2.05) is 0 Å². The molecule has 1 N–H and O–H groups in total. The average Bonchev–Trinajstić information content (AvgIpc) is 2.68. The zero-order valence-electron chi connectivity index (χ0n) is 9.02. The molecule has 0 aliphatic carbocycles. The molecule has 17 heavy (non-hydrogen) atoms. The molecule has 3 unspecified atom stereocenters. The summed E-state index contributed by atoms with van der Waals surface area (Å²) in [5, 5.41) is 9.57. The first-order chi connectivity index (χ1) is 7.69. The molecule has 4 nitrogen and oxygen atoms in total. The molecule has 2 heterocycles. The second-order valence-electron chi connectivity index (χ2n) is 4.73. The summed E-state index contributed by atoms with van der Waals surface area (Å²) in [4.78, 5) is 1.45. The average molecular weight is 273 g/mol. The van der Waals surface area contributed by atoms with E-state index in [9.17, 15) is 26.7 Å². The quantitative estimate of drug-likeness (QED) is 0.732. The largest absolute Gasteiger partial charge is 0.393 e. The molecule has 2 fully saturated rings. The van der Waals surface area contributed by atoms with Gasteiger partial charge >= 0.3 is 6.18 Å². The fourth-order valence-electron chi connectivity index (χ4n) is 2.51. The van der Waals surface area contributed by atoms with Gasteiger partial charge in [-0.3, -0.25) is 4.90 Å². The van der Waals surface area contributed by atoms with E-state index in [1.165, 1.54) is 4.90 Å². The van der Waals surface area contributed by atoms with Crippen molar-refractivity contribution in [1.82, 2.24) is 4.90 Å². The summed E-state index contributed by atoms with van der Waals surface area (Å²) < 4.78 is 59.9. The Morgan fingerprint density at radius 1 is 1.24 bits per heavy atom. The minimum atomic E-state index is -4.24. The van der Waals surface area contributed by atoms with Crippen LogP contribution in [0.15, 0.2) is 0 Å². The molecular formula is C9H14F3NO3S. The highest BCUT2D eigenvalue weighted by atomic mass is 32.2. The van der Waals surface area contributed by atoms with Crippen molar-refractivity contribution in [2.24, 2.45) is 5.92 Å². The van der Waals surface area contributed by atoms with Crippen molar-refractivity contribution in [3.63, 3.8) is 0 Å². The van der Waals surface area contributed by atoms with Crippen molar-refractivity contribution < 1.29 is 26.7 Å². The molecule has 0 amide bonds. The second kappa shape index (κ2) is 4.10. The molecule has 0 aromatic heterocycles. The van der Waals surface area contributed by atoms with E-state index < -0.39 is 34.1 Å². The van der Waals surface area contributed by atoms with E-state index in [4.69, 9.17) is 0 Å². The van der Waals surface area contributed by atoms with Gasteiger partial charge in [0.05, 0.1) is 29.6 Å². The normalized spacial score (nSPS) is 38.7. The Morgan fingerprint density at radius 3 is 2.29 bits per heavy atom. The highest BCUT2D eigenvalue weighted by Crippen LogP contribution is 2.35. The molecule has 100 valence electrons. The summed E-state index contributed by atoms with van der Waals surface area (Å²) in [5.74, 6) is -1.98. The van der Waals surface area contributed by atoms with Crippen LogP contribution in [-0.4, -0.2) is 61.3 Å². The Kier molecular flexibility index (Phi) is 3.16. The van der Waals surface area contributed by atoms with Gasteiger partial charge in [-0.15, -0.1) is 0 Å². The highest BCUT2D eigenvalue weighted by Gasteiger charge is 2.48. The molecule has 0 aromatic carbocycles. The van der Waals surface area contributed by atoms with Gasteiger partial charge in [-0.1, -0.05) is 0 Å². The first kappa shape index (κ1) is 13.1. The van der Waals surface area contributed by atoms with Crippen LogP contribution in [0.5, 0.6) is 0 Å². The molecule has 2 saturated heterocycles. The monoisotopic (exact) mass is 273 g/mol. The van der Waals surface area contributed by atoms with Gasteiger partial charge in [-0.05, 0) is 13.0 Å². The van der Waals surface area contributed by atoms with Gasteiger partial charge in [0, 0.05) is 6.54 Å². The first-order valence-corrected chi connectivity index (χ1v) is 7.20. The Hall–Kier alpha value is -0.340. The maximum absolute atomic E-state index is 12.5. The summed E-state index contributed by atoms with van der Waals surface area (Å²) in [5.41, 5.74) is 0. The molecule has 2 aliphatic heterocycles. The minimum absolute atomic E-state index is 0.0211. The van der Waals surface area contributed by atoms with E-state index in [1.54, 1.807) is 0 Å². The Balaban J connectivity index is 2.02. The van der Waals surface area contributed by atoms with Gasteiger partial charge in [0.25, 0.3) is 0 Å². The minimum Gasteiger partial charge on any atom is -0.390 e. The predicted molar refractivity (Wildman–Crippen MR) is 54.2 cm³/mol. The topological polar surface area (TPSA) is 57.6 Å². The van der Waals surface area contributed by atoms with Crippen LogP contribution >= 0.6 is 0 Å². The number of hydrogen-bond acceptors (Lipinski definition) is 4. The smallest absolute Gasteiger partial charge is 0.390 e. The number of sulfone groups is 1. The number of likely N-dealkylation sites (tertiary alicyclic amines) is 1. The Labute approximate surface area is 97.3 Å². The van der Waals surface area contributed by atoms with Crippen LogP contribution in [0, 0.1) is 5.92 Å². The van der Waals surface area contributed by atoms with Gasteiger partial charge < -0.3 is 5.11 Å². The zero-order chi connectivity index (χ0) is 12.8. The lowest BCUT2D eigenvalue weighted by Crippen LogP contribution is -2.42. The van der Waals surface area contributed by atoms with Crippen LogP contribution in [-0.2, 0) is 9.84 Å². The standard InChI is InChI=1S/C9H14F3NO3S/c10-9(11,12)6-1-2-13(3-6)7-4-17(15,16)5-8(7)14/h6-8,14H,1-5H2. The lowest BCUT2D eigenvalue weighted by atomic mass is 10.1. The molecule has 0 saturated carbocycles. The molecule has 3 atom stereocenters. The van der Waals surface area contributed by atoms with Crippen LogP contribution in [0.25, 0.3) is 0 Å². The molecule has 8 heteroatoms. The van der Waals surface area contributed by atoms with Crippen molar-refractivity contribution in [2.45, 2.75) is 24.7 Å². The third-order valence-corrected chi connectivity index (χ3v) is 5.14. The highest BCUT2D eigenvalue weighted by molar-refractivity contribution is 7.91. The van der Waals surface area contributed by atoms with Gasteiger partial charge in [0.15, 0.2) is 9.84 Å². The number of alkyl halides is 3. The molecule has 0 radical (unpaired) electrons. The fraction of sp³-hybridized carbons (Fsp3) is 1.00. The lowest BCUT2D eigenvalue weighted by Gasteiger charge is -2.25. The molecule has 2 aliphatic rings. The predicted octanol–water partition coefficient (Wildman–Crippen LogP) is 0.0285. The van der Waals surface area contributed by atoms with Crippen LogP contribution in [0.4, 0.5) is 13.2 Å². The number of halogens is 3. The van der Waals surface area contributed by atoms with E-state index in [-0.39, 0.29) is 31.0 Å².